The summed E-state index contributed by atoms with van der Waals surface area (Å²) in [6.07, 6.45) is 1.25. The summed E-state index contributed by atoms with van der Waals surface area (Å²) in [6, 6.07) is 7.62. The number of hydrogen-bond acceptors (Lipinski definition) is 3. The second-order valence-corrected chi connectivity index (χ2v) is 5.57. The van der Waals surface area contributed by atoms with Crippen molar-refractivity contribution in [2.24, 2.45) is 11.7 Å². The summed E-state index contributed by atoms with van der Waals surface area (Å²) in [5.41, 5.74) is 7.08. The molecule has 0 saturated carbocycles. The zero-order valence-electron chi connectivity index (χ0n) is 12.0. The van der Waals surface area contributed by atoms with E-state index in [1.54, 1.807) is 11.0 Å². The maximum atomic E-state index is 12.5. The molecule has 2 aromatic rings. The number of primary amides is 1. The Bertz CT molecular complexity index is 697. The van der Waals surface area contributed by atoms with Gasteiger partial charge in [0.15, 0.2) is 5.76 Å². The van der Waals surface area contributed by atoms with Gasteiger partial charge in [0.1, 0.15) is 5.58 Å². The van der Waals surface area contributed by atoms with E-state index in [1.807, 2.05) is 25.1 Å². The zero-order chi connectivity index (χ0) is 15.0. The lowest BCUT2D eigenvalue weighted by Gasteiger charge is -2.29. The van der Waals surface area contributed by atoms with Crippen molar-refractivity contribution in [2.45, 2.75) is 19.8 Å². The molecule has 0 radical (unpaired) electrons. The summed E-state index contributed by atoms with van der Waals surface area (Å²) in [7, 11) is 0. The monoisotopic (exact) mass is 286 g/mol. The van der Waals surface area contributed by atoms with Crippen molar-refractivity contribution in [2.75, 3.05) is 13.1 Å². The van der Waals surface area contributed by atoms with Gasteiger partial charge in [0, 0.05) is 24.4 Å². The number of likely N-dealkylation sites (tertiary alicyclic amines) is 1. The Morgan fingerprint density at radius 3 is 2.62 bits per heavy atom. The summed E-state index contributed by atoms with van der Waals surface area (Å²) >= 11 is 0. The number of fused-ring (bicyclic) bond motifs is 1. The quantitative estimate of drug-likeness (QED) is 0.918. The van der Waals surface area contributed by atoms with Crippen LogP contribution in [0.5, 0.6) is 0 Å². The first-order valence-corrected chi connectivity index (χ1v) is 7.14. The van der Waals surface area contributed by atoms with Crippen LogP contribution in [0.1, 0.15) is 29.0 Å². The minimum absolute atomic E-state index is 0.117. The van der Waals surface area contributed by atoms with Crippen LogP contribution in [-0.2, 0) is 4.79 Å². The van der Waals surface area contributed by atoms with E-state index in [-0.39, 0.29) is 17.7 Å². The molecule has 1 aromatic heterocycles. The summed E-state index contributed by atoms with van der Waals surface area (Å²) in [5, 5.41) is 0.936. The fourth-order valence-corrected chi connectivity index (χ4v) is 2.84. The number of rotatable bonds is 2. The van der Waals surface area contributed by atoms with Crippen LogP contribution < -0.4 is 5.73 Å². The lowest BCUT2D eigenvalue weighted by molar-refractivity contribution is -0.123. The molecular weight excluding hydrogens is 268 g/mol. The van der Waals surface area contributed by atoms with E-state index >= 15 is 0 Å². The Kier molecular flexibility index (Phi) is 3.41. The highest BCUT2D eigenvalue weighted by atomic mass is 16.3. The number of amides is 2. The number of nitrogens with two attached hydrogens (primary N) is 1. The predicted molar refractivity (Wildman–Crippen MR) is 78.8 cm³/mol. The lowest BCUT2D eigenvalue weighted by atomic mass is 9.96. The second kappa shape index (κ2) is 5.24. The molecular formula is C16H18N2O3. The molecule has 1 aromatic carbocycles. The number of benzene rings is 1. The third-order valence-electron chi connectivity index (χ3n) is 4.14. The molecule has 0 unspecified atom stereocenters. The van der Waals surface area contributed by atoms with Crippen LogP contribution in [0.4, 0.5) is 0 Å². The Hall–Kier alpha value is -2.30. The first-order chi connectivity index (χ1) is 10.1. The van der Waals surface area contributed by atoms with Gasteiger partial charge in [0.2, 0.25) is 5.91 Å². The van der Waals surface area contributed by atoms with Gasteiger partial charge in [-0.05, 0) is 31.4 Å². The number of carbonyl (C=O) groups excluding carboxylic acids is 2. The standard InChI is InChI=1S/C16H18N2O3/c1-10-3-2-4-12-9-13(21-14(10)12)16(20)18-7-5-11(6-8-18)15(17)19/h2-4,9,11H,5-8H2,1H3,(H2,17,19). The molecule has 1 saturated heterocycles. The maximum Gasteiger partial charge on any atom is 0.289 e. The highest BCUT2D eigenvalue weighted by Crippen LogP contribution is 2.25. The molecule has 2 N–H and O–H groups in total. The lowest BCUT2D eigenvalue weighted by Crippen LogP contribution is -2.41. The van der Waals surface area contributed by atoms with E-state index in [1.165, 1.54) is 0 Å². The highest BCUT2D eigenvalue weighted by Gasteiger charge is 2.28. The molecule has 0 atom stereocenters. The van der Waals surface area contributed by atoms with Crippen LogP contribution in [0.25, 0.3) is 11.0 Å². The van der Waals surface area contributed by atoms with Gasteiger partial charge in [-0.15, -0.1) is 0 Å². The molecule has 3 rings (SSSR count). The topological polar surface area (TPSA) is 76.5 Å². The largest absolute Gasteiger partial charge is 0.451 e. The molecule has 0 spiro atoms. The molecule has 1 aliphatic rings. The number of carbonyl (C=O) groups is 2. The van der Waals surface area contributed by atoms with Crippen LogP contribution in [0, 0.1) is 12.8 Å². The Morgan fingerprint density at radius 1 is 1.29 bits per heavy atom. The fourth-order valence-electron chi connectivity index (χ4n) is 2.84. The van der Waals surface area contributed by atoms with Crippen LogP contribution in [0.3, 0.4) is 0 Å². The van der Waals surface area contributed by atoms with Gasteiger partial charge in [-0.25, -0.2) is 0 Å². The average Bonchev–Trinajstić information content (AvgIpc) is 2.92. The van der Waals surface area contributed by atoms with Crippen molar-refractivity contribution >= 4 is 22.8 Å². The maximum absolute atomic E-state index is 12.5. The van der Waals surface area contributed by atoms with Gasteiger partial charge >= 0.3 is 0 Å². The smallest absolute Gasteiger partial charge is 0.289 e. The van der Waals surface area contributed by atoms with E-state index in [2.05, 4.69) is 0 Å². The summed E-state index contributed by atoms with van der Waals surface area (Å²) in [6.45, 7) is 3.05. The Morgan fingerprint density at radius 2 is 2.00 bits per heavy atom. The van der Waals surface area contributed by atoms with Crippen molar-refractivity contribution in [3.05, 3.63) is 35.6 Å². The molecule has 2 amide bonds. The van der Waals surface area contributed by atoms with Crippen molar-refractivity contribution in [3.8, 4) is 0 Å². The Balaban J connectivity index is 1.78. The number of para-hydroxylation sites is 1. The zero-order valence-corrected chi connectivity index (χ0v) is 12.0. The molecule has 2 heterocycles. The van der Waals surface area contributed by atoms with Crippen molar-refractivity contribution < 1.29 is 14.0 Å². The average molecular weight is 286 g/mol. The van der Waals surface area contributed by atoms with Crippen LogP contribution in [0.2, 0.25) is 0 Å². The third kappa shape index (κ3) is 2.51. The SMILES string of the molecule is Cc1cccc2cc(C(=O)N3CCC(C(N)=O)CC3)oc12. The second-order valence-electron chi connectivity index (χ2n) is 5.57. The summed E-state index contributed by atoms with van der Waals surface area (Å²) in [5.74, 6) is -0.154. The number of nitrogens with zero attached hydrogens (tertiary/aromatic N) is 1. The minimum Gasteiger partial charge on any atom is -0.451 e. The first-order valence-electron chi connectivity index (χ1n) is 7.14. The number of furan rings is 1. The molecule has 5 heteroatoms. The van der Waals surface area contributed by atoms with Crippen molar-refractivity contribution in [1.29, 1.82) is 0 Å². The molecule has 1 aliphatic heterocycles. The normalized spacial score (nSPS) is 16.3. The van der Waals surface area contributed by atoms with Gasteiger partial charge in [-0.1, -0.05) is 18.2 Å². The summed E-state index contributed by atoms with van der Waals surface area (Å²) in [4.78, 5) is 25.4. The van der Waals surface area contributed by atoms with Gasteiger partial charge in [0.25, 0.3) is 5.91 Å². The van der Waals surface area contributed by atoms with Gasteiger partial charge < -0.3 is 15.1 Å². The van der Waals surface area contributed by atoms with Gasteiger partial charge in [0.05, 0.1) is 0 Å². The number of piperidine rings is 1. The number of aryl methyl sites for hydroxylation is 1. The molecule has 1 fully saturated rings. The summed E-state index contributed by atoms with van der Waals surface area (Å²) < 4.78 is 5.71. The molecule has 0 bridgehead atoms. The van der Waals surface area contributed by atoms with Gasteiger partial charge in [-0.2, -0.15) is 0 Å². The van der Waals surface area contributed by atoms with E-state index in [4.69, 9.17) is 10.2 Å². The van der Waals surface area contributed by atoms with Gasteiger partial charge in [-0.3, -0.25) is 9.59 Å². The van der Waals surface area contributed by atoms with Crippen LogP contribution in [-0.4, -0.2) is 29.8 Å². The molecule has 21 heavy (non-hydrogen) atoms. The fraction of sp³-hybridized carbons (Fsp3) is 0.375. The van der Waals surface area contributed by atoms with Crippen molar-refractivity contribution in [1.82, 2.24) is 4.90 Å². The predicted octanol–water partition coefficient (Wildman–Crippen LogP) is 2.08. The Labute approximate surface area is 122 Å². The van der Waals surface area contributed by atoms with Crippen molar-refractivity contribution in [3.63, 3.8) is 0 Å². The van der Waals surface area contributed by atoms with Crippen LogP contribution >= 0.6 is 0 Å². The van der Waals surface area contributed by atoms with E-state index in [0.29, 0.717) is 31.7 Å². The highest BCUT2D eigenvalue weighted by molar-refractivity contribution is 5.96. The molecule has 0 aliphatic carbocycles. The van der Waals surface area contributed by atoms with E-state index in [0.717, 1.165) is 16.5 Å². The molecule has 110 valence electrons. The molecule has 5 nitrogen and oxygen atoms in total. The number of hydrogen-bond donors (Lipinski definition) is 1. The van der Waals surface area contributed by atoms with Crippen LogP contribution in [0.15, 0.2) is 28.7 Å². The third-order valence-corrected chi connectivity index (χ3v) is 4.14. The van der Waals surface area contributed by atoms with E-state index in [9.17, 15) is 9.59 Å². The van der Waals surface area contributed by atoms with E-state index < -0.39 is 0 Å². The first kappa shape index (κ1) is 13.7. The minimum atomic E-state index is -0.276.